The third-order valence-electron chi connectivity index (χ3n) is 2.85. The van der Waals surface area contributed by atoms with Crippen molar-refractivity contribution in [2.24, 2.45) is 0 Å². The third-order valence-corrected chi connectivity index (χ3v) is 4.19. The van der Waals surface area contributed by atoms with E-state index < -0.39 is 0 Å². The van der Waals surface area contributed by atoms with E-state index in [0.29, 0.717) is 12.2 Å². The van der Waals surface area contributed by atoms with Crippen LogP contribution in [0.2, 0.25) is 0 Å². The second-order valence-electron chi connectivity index (χ2n) is 4.25. The van der Waals surface area contributed by atoms with Crippen molar-refractivity contribution in [1.82, 2.24) is 14.2 Å². The predicted octanol–water partition coefficient (Wildman–Crippen LogP) is 0.998. The summed E-state index contributed by atoms with van der Waals surface area (Å²) in [5.74, 6) is 0.760. The second-order valence-corrected chi connectivity index (χ2v) is 5.74. The van der Waals surface area contributed by atoms with E-state index in [1.807, 2.05) is 25.1 Å². The molecule has 2 rings (SSSR count). The topological polar surface area (TPSA) is 59.5 Å². The Morgan fingerprint density at radius 2 is 2.22 bits per heavy atom. The Hall–Kier alpha value is -1.27. The van der Waals surface area contributed by atoms with Gasteiger partial charge >= 0.3 is 5.69 Å². The van der Waals surface area contributed by atoms with Crippen molar-refractivity contribution < 1.29 is 5.11 Å². The lowest BCUT2D eigenvalue weighted by molar-refractivity contribution is 0.196. The van der Waals surface area contributed by atoms with Crippen LogP contribution in [0.4, 0.5) is 0 Å². The molecule has 0 fully saturated rings. The lowest BCUT2D eigenvalue weighted by atomic mass is 10.3. The highest BCUT2D eigenvalue weighted by molar-refractivity contribution is 7.99. The van der Waals surface area contributed by atoms with Crippen molar-refractivity contribution in [2.75, 3.05) is 5.75 Å². The number of nitrogens with zero attached hydrogens (tertiary/aromatic N) is 3. The van der Waals surface area contributed by atoms with E-state index in [9.17, 15) is 9.90 Å². The molecule has 2 aromatic rings. The molecule has 2 heterocycles. The first kappa shape index (κ1) is 13.2. The van der Waals surface area contributed by atoms with Gasteiger partial charge in [0.25, 0.3) is 0 Å². The highest BCUT2D eigenvalue weighted by Gasteiger charge is 2.10. The van der Waals surface area contributed by atoms with Gasteiger partial charge in [-0.1, -0.05) is 13.0 Å². The lowest BCUT2D eigenvalue weighted by Crippen LogP contribution is -2.23. The van der Waals surface area contributed by atoms with Gasteiger partial charge in [0.05, 0.1) is 12.6 Å². The van der Waals surface area contributed by atoms with Crippen LogP contribution in [0.5, 0.6) is 0 Å². The molecule has 0 aliphatic heterocycles. The minimum absolute atomic E-state index is 0.115. The molecule has 98 valence electrons. The van der Waals surface area contributed by atoms with Gasteiger partial charge in [0, 0.05) is 17.2 Å². The van der Waals surface area contributed by atoms with E-state index in [-0.39, 0.29) is 17.0 Å². The van der Waals surface area contributed by atoms with Crippen molar-refractivity contribution in [1.29, 1.82) is 0 Å². The molecule has 6 heteroatoms. The summed E-state index contributed by atoms with van der Waals surface area (Å²) in [6.45, 7) is 4.30. The maximum atomic E-state index is 11.9. The monoisotopic (exact) mass is 267 g/mol. The molecule has 0 bridgehead atoms. The van der Waals surface area contributed by atoms with Gasteiger partial charge in [-0.05, 0) is 19.1 Å². The Morgan fingerprint density at radius 3 is 2.89 bits per heavy atom. The Bertz CT molecular complexity index is 576. The molecule has 0 aliphatic carbocycles. The fourth-order valence-corrected chi connectivity index (χ4v) is 2.51. The van der Waals surface area contributed by atoms with Crippen molar-refractivity contribution in [3.8, 4) is 0 Å². The first-order valence-corrected chi connectivity index (χ1v) is 6.98. The Labute approximate surface area is 109 Å². The van der Waals surface area contributed by atoms with Gasteiger partial charge in [0.2, 0.25) is 0 Å². The SMILES string of the molecule is CC(O)C(C)SCCn1nc2ccccn2c1=O. The summed E-state index contributed by atoms with van der Waals surface area (Å²) in [7, 11) is 0. The fourth-order valence-electron chi connectivity index (χ4n) is 1.58. The van der Waals surface area contributed by atoms with Crippen LogP contribution >= 0.6 is 11.8 Å². The normalized spacial score (nSPS) is 14.8. The Balaban J connectivity index is 2.04. The number of aromatic nitrogens is 3. The Kier molecular flexibility index (Phi) is 4.08. The van der Waals surface area contributed by atoms with Crippen molar-refractivity contribution in [3.63, 3.8) is 0 Å². The van der Waals surface area contributed by atoms with Crippen LogP contribution < -0.4 is 5.69 Å². The number of aliphatic hydroxyl groups is 1. The molecule has 5 nitrogen and oxygen atoms in total. The summed E-state index contributed by atoms with van der Waals surface area (Å²) in [4.78, 5) is 11.9. The van der Waals surface area contributed by atoms with E-state index in [0.717, 1.165) is 5.75 Å². The molecule has 0 spiro atoms. The van der Waals surface area contributed by atoms with Crippen LogP contribution in [-0.4, -0.2) is 36.4 Å². The molecular formula is C12H17N3O2S. The van der Waals surface area contributed by atoms with Crippen LogP contribution in [0.15, 0.2) is 29.2 Å². The highest BCUT2D eigenvalue weighted by Crippen LogP contribution is 2.13. The molecule has 0 saturated carbocycles. The standard InChI is InChI=1S/C12H17N3O2S/c1-9(16)10(2)18-8-7-15-12(17)14-6-4-3-5-11(14)13-15/h3-6,9-10,16H,7-8H2,1-2H3. The van der Waals surface area contributed by atoms with E-state index in [4.69, 9.17) is 0 Å². The number of thioether (sulfide) groups is 1. The molecule has 0 saturated heterocycles. The smallest absolute Gasteiger partial charge is 0.350 e. The average molecular weight is 267 g/mol. The number of hydrogen-bond donors (Lipinski definition) is 1. The van der Waals surface area contributed by atoms with Gasteiger partial charge in [0.15, 0.2) is 5.65 Å². The average Bonchev–Trinajstić information content (AvgIpc) is 2.67. The summed E-state index contributed by atoms with van der Waals surface area (Å²) in [5.41, 5.74) is 0.548. The van der Waals surface area contributed by atoms with Crippen LogP contribution in [-0.2, 0) is 6.54 Å². The molecule has 1 N–H and O–H groups in total. The van der Waals surface area contributed by atoms with Crippen molar-refractivity contribution in [2.45, 2.75) is 31.7 Å². The number of hydrogen-bond acceptors (Lipinski definition) is 4. The van der Waals surface area contributed by atoms with E-state index >= 15 is 0 Å². The van der Waals surface area contributed by atoms with Gasteiger partial charge in [-0.25, -0.2) is 9.48 Å². The minimum Gasteiger partial charge on any atom is -0.392 e. The molecule has 2 unspecified atom stereocenters. The molecule has 0 amide bonds. The molecular weight excluding hydrogens is 250 g/mol. The van der Waals surface area contributed by atoms with Crippen LogP contribution in [0.3, 0.4) is 0 Å². The highest BCUT2D eigenvalue weighted by atomic mass is 32.2. The molecule has 0 aliphatic rings. The number of fused-ring (bicyclic) bond motifs is 1. The van der Waals surface area contributed by atoms with Crippen molar-refractivity contribution >= 4 is 17.4 Å². The zero-order valence-electron chi connectivity index (χ0n) is 10.5. The summed E-state index contributed by atoms with van der Waals surface area (Å²) >= 11 is 1.64. The van der Waals surface area contributed by atoms with Gasteiger partial charge in [-0.15, -0.1) is 5.10 Å². The molecule has 2 atom stereocenters. The number of aliphatic hydroxyl groups excluding tert-OH is 1. The van der Waals surface area contributed by atoms with Crippen LogP contribution in [0.1, 0.15) is 13.8 Å². The van der Waals surface area contributed by atoms with Gasteiger partial charge in [-0.3, -0.25) is 4.40 Å². The largest absolute Gasteiger partial charge is 0.392 e. The first-order chi connectivity index (χ1) is 8.59. The molecule has 0 radical (unpaired) electrons. The van der Waals surface area contributed by atoms with E-state index in [1.54, 1.807) is 24.9 Å². The van der Waals surface area contributed by atoms with E-state index in [2.05, 4.69) is 5.10 Å². The summed E-state index contributed by atoms with van der Waals surface area (Å²) in [5, 5.41) is 13.8. The van der Waals surface area contributed by atoms with Gasteiger partial charge in [0.1, 0.15) is 0 Å². The number of aryl methyl sites for hydroxylation is 1. The molecule has 2 aromatic heterocycles. The summed E-state index contributed by atoms with van der Waals surface area (Å²) in [6.07, 6.45) is 1.38. The fraction of sp³-hybridized carbons (Fsp3) is 0.500. The second kappa shape index (κ2) is 5.58. The van der Waals surface area contributed by atoms with Crippen molar-refractivity contribution in [3.05, 3.63) is 34.9 Å². The van der Waals surface area contributed by atoms with Gasteiger partial charge < -0.3 is 5.11 Å². The number of pyridine rings is 1. The minimum atomic E-state index is -0.340. The quantitative estimate of drug-likeness (QED) is 0.878. The predicted molar refractivity (Wildman–Crippen MR) is 73.1 cm³/mol. The summed E-state index contributed by atoms with van der Waals surface area (Å²) in [6, 6.07) is 5.48. The molecule has 18 heavy (non-hydrogen) atoms. The summed E-state index contributed by atoms with van der Waals surface area (Å²) < 4.78 is 3.00. The first-order valence-electron chi connectivity index (χ1n) is 5.93. The van der Waals surface area contributed by atoms with Gasteiger partial charge in [-0.2, -0.15) is 11.8 Å². The van der Waals surface area contributed by atoms with Crippen LogP contribution in [0, 0.1) is 0 Å². The maximum Gasteiger partial charge on any atom is 0.350 e. The zero-order valence-corrected chi connectivity index (χ0v) is 11.3. The Morgan fingerprint density at radius 1 is 1.44 bits per heavy atom. The zero-order chi connectivity index (χ0) is 13.1. The lowest BCUT2D eigenvalue weighted by Gasteiger charge is -2.13. The van der Waals surface area contributed by atoms with Crippen LogP contribution in [0.25, 0.3) is 5.65 Å². The van der Waals surface area contributed by atoms with E-state index in [1.165, 1.54) is 9.08 Å². The maximum absolute atomic E-state index is 11.9. The third kappa shape index (κ3) is 2.76. The number of rotatable bonds is 5. The molecule has 0 aromatic carbocycles.